The average Bonchev–Trinajstić information content (AvgIpc) is 3.06. The quantitative estimate of drug-likeness (QED) is 0.852. The first-order chi connectivity index (χ1) is 9.63. The first-order valence-corrected chi connectivity index (χ1v) is 8.30. The molecule has 2 heterocycles. The molecule has 4 nitrogen and oxygen atoms in total. The van der Waals surface area contributed by atoms with E-state index in [1.54, 1.807) is 11.3 Å². The van der Waals surface area contributed by atoms with E-state index in [9.17, 15) is 9.90 Å². The molecule has 0 unspecified atom stereocenters. The molecule has 20 heavy (non-hydrogen) atoms. The Morgan fingerprint density at radius 3 is 2.70 bits per heavy atom. The van der Waals surface area contributed by atoms with Crippen molar-refractivity contribution in [2.75, 3.05) is 13.1 Å². The summed E-state index contributed by atoms with van der Waals surface area (Å²) in [7, 11) is 0. The van der Waals surface area contributed by atoms with E-state index < -0.39 is 5.97 Å². The number of thiazole rings is 1. The summed E-state index contributed by atoms with van der Waals surface area (Å²) in [5.41, 5.74) is 0.687. The lowest BCUT2D eigenvalue weighted by atomic mass is 10.2. The molecule has 2 aromatic rings. The Bertz CT molecular complexity index is 560. The predicted octanol–water partition coefficient (Wildman–Crippen LogP) is 3.34. The van der Waals surface area contributed by atoms with Crippen molar-refractivity contribution in [2.24, 2.45) is 0 Å². The lowest BCUT2D eigenvalue weighted by Crippen LogP contribution is -2.21. The van der Waals surface area contributed by atoms with E-state index in [1.165, 1.54) is 11.3 Å². The largest absolute Gasteiger partial charge is 0.477 e. The molecule has 0 bridgehead atoms. The molecule has 2 aromatic heterocycles. The number of aromatic nitrogens is 1. The van der Waals surface area contributed by atoms with Gasteiger partial charge in [-0.05, 0) is 24.5 Å². The summed E-state index contributed by atoms with van der Waals surface area (Å²) in [6.45, 7) is 6.81. The van der Waals surface area contributed by atoms with Gasteiger partial charge in [0.2, 0.25) is 0 Å². The van der Waals surface area contributed by atoms with Gasteiger partial charge >= 0.3 is 5.97 Å². The van der Waals surface area contributed by atoms with E-state index in [1.807, 2.05) is 17.5 Å². The molecule has 0 fully saturated rings. The molecule has 2 rings (SSSR count). The summed E-state index contributed by atoms with van der Waals surface area (Å²) in [6.07, 6.45) is 0.605. The van der Waals surface area contributed by atoms with E-state index in [2.05, 4.69) is 23.7 Å². The van der Waals surface area contributed by atoms with Gasteiger partial charge in [0.25, 0.3) is 0 Å². The van der Waals surface area contributed by atoms with Crippen LogP contribution in [-0.4, -0.2) is 34.0 Å². The normalized spacial score (nSPS) is 11.2. The highest BCUT2D eigenvalue weighted by Crippen LogP contribution is 2.24. The minimum Gasteiger partial charge on any atom is -0.477 e. The molecule has 0 atom stereocenters. The Balaban J connectivity index is 2.21. The average molecular weight is 310 g/mol. The third kappa shape index (κ3) is 3.65. The molecular weight excluding hydrogens is 292 g/mol. The fourth-order valence-electron chi connectivity index (χ4n) is 1.97. The molecule has 108 valence electrons. The van der Waals surface area contributed by atoms with Gasteiger partial charge in [-0.1, -0.05) is 19.9 Å². The van der Waals surface area contributed by atoms with E-state index in [4.69, 9.17) is 0 Å². The maximum absolute atomic E-state index is 11.3. The van der Waals surface area contributed by atoms with Crippen molar-refractivity contribution in [3.8, 4) is 0 Å². The summed E-state index contributed by atoms with van der Waals surface area (Å²) in [6, 6.07) is 3.99. The molecule has 0 amide bonds. The van der Waals surface area contributed by atoms with E-state index >= 15 is 0 Å². The van der Waals surface area contributed by atoms with Crippen LogP contribution in [0.4, 0.5) is 0 Å². The fraction of sp³-hybridized carbons (Fsp3) is 0.429. The van der Waals surface area contributed by atoms with Crippen LogP contribution in [0, 0.1) is 0 Å². The van der Waals surface area contributed by atoms with Crippen LogP contribution in [-0.2, 0) is 13.0 Å². The number of hydrogen-bond acceptors (Lipinski definition) is 5. The van der Waals surface area contributed by atoms with Gasteiger partial charge in [0, 0.05) is 11.3 Å². The van der Waals surface area contributed by atoms with Gasteiger partial charge in [-0.2, -0.15) is 0 Å². The van der Waals surface area contributed by atoms with Crippen LogP contribution in [0.15, 0.2) is 17.5 Å². The minimum absolute atomic E-state index is 0.376. The van der Waals surface area contributed by atoms with Gasteiger partial charge in [0.05, 0.1) is 12.2 Å². The number of thiophene rings is 1. The van der Waals surface area contributed by atoms with Crippen LogP contribution in [0.25, 0.3) is 0 Å². The minimum atomic E-state index is -0.875. The number of carboxylic acids is 1. The highest BCUT2D eigenvalue weighted by Gasteiger charge is 2.18. The van der Waals surface area contributed by atoms with Gasteiger partial charge in [0.15, 0.2) is 0 Å². The smallest absolute Gasteiger partial charge is 0.347 e. The van der Waals surface area contributed by atoms with Crippen LogP contribution < -0.4 is 0 Å². The standard InChI is InChI=1S/C14H18N2O2S2/c1-3-16(4-2)9-12-15-11(13(20-12)14(17)18)8-10-6-5-7-19-10/h5-7H,3-4,8-9H2,1-2H3,(H,17,18). The molecular formula is C14H18N2O2S2. The monoisotopic (exact) mass is 310 g/mol. The summed E-state index contributed by atoms with van der Waals surface area (Å²) in [4.78, 5) is 19.6. The molecule has 0 aliphatic heterocycles. The molecule has 0 saturated carbocycles. The highest BCUT2D eigenvalue weighted by molar-refractivity contribution is 7.13. The fourth-order valence-corrected chi connectivity index (χ4v) is 3.64. The first-order valence-electron chi connectivity index (χ1n) is 6.60. The van der Waals surface area contributed by atoms with Crippen LogP contribution in [0.5, 0.6) is 0 Å². The first kappa shape index (κ1) is 15.2. The SMILES string of the molecule is CCN(CC)Cc1nc(Cc2cccs2)c(C(=O)O)s1. The second kappa shape index (κ2) is 6.97. The second-order valence-electron chi connectivity index (χ2n) is 4.41. The van der Waals surface area contributed by atoms with Crippen LogP contribution in [0.2, 0.25) is 0 Å². The summed E-state index contributed by atoms with van der Waals surface area (Å²) < 4.78 is 0. The third-order valence-electron chi connectivity index (χ3n) is 3.11. The Morgan fingerprint density at radius 2 is 2.15 bits per heavy atom. The molecule has 0 aromatic carbocycles. The van der Waals surface area contributed by atoms with Crippen molar-refractivity contribution < 1.29 is 9.90 Å². The highest BCUT2D eigenvalue weighted by atomic mass is 32.1. The summed E-state index contributed by atoms with van der Waals surface area (Å²) >= 11 is 2.93. The number of hydrogen-bond donors (Lipinski definition) is 1. The maximum Gasteiger partial charge on any atom is 0.347 e. The lowest BCUT2D eigenvalue weighted by molar-refractivity contribution is 0.0701. The van der Waals surface area contributed by atoms with Gasteiger partial charge < -0.3 is 5.11 Å². The zero-order chi connectivity index (χ0) is 14.5. The van der Waals surface area contributed by atoms with Gasteiger partial charge in [0.1, 0.15) is 9.88 Å². The van der Waals surface area contributed by atoms with Gasteiger partial charge in [-0.15, -0.1) is 22.7 Å². The number of carbonyl (C=O) groups is 1. The zero-order valence-electron chi connectivity index (χ0n) is 11.6. The van der Waals surface area contributed by atoms with Crippen molar-refractivity contribution in [1.29, 1.82) is 0 Å². The number of rotatable bonds is 7. The van der Waals surface area contributed by atoms with Crippen molar-refractivity contribution >= 4 is 28.6 Å². The number of carboxylic acid groups (broad SMARTS) is 1. The number of aromatic carboxylic acids is 1. The lowest BCUT2D eigenvalue weighted by Gasteiger charge is -2.15. The van der Waals surface area contributed by atoms with Gasteiger partial charge in [-0.3, -0.25) is 4.90 Å². The molecule has 0 radical (unpaired) electrons. The molecule has 1 N–H and O–H groups in total. The van der Waals surface area contributed by atoms with Crippen molar-refractivity contribution in [2.45, 2.75) is 26.8 Å². The summed E-state index contributed by atoms with van der Waals surface area (Å²) in [5.74, 6) is -0.875. The van der Waals surface area contributed by atoms with Crippen LogP contribution in [0.3, 0.4) is 0 Å². The zero-order valence-corrected chi connectivity index (χ0v) is 13.3. The van der Waals surface area contributed by atoms with Crippen molar-refractivity contribution in [3.05, 3.63) is 38.0 Å². The second-order valence-corrected chi connectivity index (χ2v) is 6.52. The maximum atomic E-state index is 11.3. The van der Waals surface area contributed by atoms with Crippen LogP contribution >= 0.6 is 22.7 Å². The number of nitrogens with zero attached hydrogens (tertiary/aromatic N) is 2. The van der Waals surface area contributed by atoms with Crippen molar-refractivity contribution in [1.82, 2.24) is 9.88 Å². The van der Waals surface area contributed by atoms with E-state index in [0.717, 1.165) is 29.5 Å². The Hall–Kier alpha value is -1.24. The molecule has 0 saturated heterocycles. The molecule has 0 aliphatic rings. The van der Waals surface area contributed by atoms with Crippen LogP contribution in [0.1, 0.15) is 39.1 Å². The Morgan fingerprint density at radius 1 is 1.40 bits per heavy atom. The third-order valence-corrected chi connectivity index (χ3v) is 5.06. The van der Waals surface area contributed by atoms with Crippen molar-refractivity contribution in [3.63, 3.8) is 0 Å². The van der Waals surface area contributed by atoms with Gasteiger partial charge in [-0.25, -0.2) is 9.78 Å². The summed E-state index contributed by atoms with van der Waals surface area (Å²) in [5, 5.41) is 12.2. The Kier molecular flexibility index (Phi) is 5.28. The molecule has 0 spiro atoms. The Labute approximate surface area is 126 Å². The topological polar surface area (TPSA) is 53.4 Å². The molecule has 0 aliphatic carbocycles. The van der Waals surface area contributed by atoms with E-state index in [-0.39, 0.29) is 0 Å². The molecule has 6 heteroatoms. The van der Waals surface area contributed by atoms with E-state index in [0.29, 0.717) is 17.0 Å². The predicted molar refractivity (Wildman–Crippen MR) is 82.8 cm³/mol.